The fraction of sp³-hybridized carbons (Fsp3) is 0.600. The molecule has 1 aromatic rings. The summed E-state index contributed by atoms with van der Waals surface area (Å²) in [7, 11) is 0. The SMILES string of the molecule is CCC(CC)CN(CC)c1cccc(N)c1C. The summed E-state index contributed by atoms with van der Waals surface area (Å²) in [5.74, 6) is 0.774. The highest BCUT2D eigenvalue weighted by molar-refractivity contribution is 5.64. The molecule has 0 atom stereocenters. The molecule has 0 spiro atoms. The van der Waals surface area contributed by atoms with Crippen molar-refractivity contribution in [2.45, 2.75) is 40.5 Å². The Kier molecular flexibility index (Phi) is 5.33. The van der Waals surface area contributed by atoms with Gasteiger partial charge >= 0.3 is 0 Å². The molecule has 0 fully saturated rings. The first-order valence-corrected chi connectivity index (χ1v) is 6.73. The van der Waals surface area contributed by atoms with Crippen molar-refractivity contribution in [2.24, 2.45) is 5.92 Å². The van der Waals surface area contributed by atoms with Crippen molar-refractivity contribution in [2.75, 3.05) is 23.7 Å². The molecule has 0 aliphatic heterocycles. The maximum Gasteiger partial charge on any atom is 0.0416 e. The number of anilines is 2. The summed E-state index contributed by atoms with van der Waals surface area (Å²) in [4.78, 5) is 2.45. The van der Waals surface area contributed by atoms with Crippen LogP contribution in [-0.4, -0.2) is 13.1 Å². The molecule has 0 saturated carbocycles. The number of nitrogens with two attached hydrogens (primary N) is 1. The molecule has 2 heteroatoms. The van der Waals surface area contributed by atoms with E-state index in [1.807, 2.05) is 12.1 Å². The first kappa shape index (κ1) is 13.9. The lowest BCUT2D eigenvalue weighted by Crippen LogP contribution is -2.29. The van der Waals surface area contributed by atoms with Gasteiger partial charge in [-0.1, -0.05) is 32.8 Å². The largest absolute Gasteiger partial charge is 0.398 e. The van der Waals surface area contributed by atoms with Crippen molar-refractivity contribution in [1.82, 2.24) is 0 Å². The summed E-state index contributed by atoms with van der Waals surface area (Å²) in [6, 6.07) is 6.20. The molecule has 0 unspecified atom stereocenters. The molecule has 1 aromatic carbocycles. The average molecular weight is 234 g/mol. The van der Waals surface area contributed by atoms with Crippen LogP contribution in [0.3, 0.4) is 0 Å². The smallest absolute Gasteiger partial charge is 0.0416 e. The van der Waals surface area contributed by atoms with Crippen molar-refractivity contribution in [1.29, 1.82) is 0 Å². The number of hydrogen-bond donors (Lipinski definition) is 1. The first-order chi connectivity index (χ1) is 8.13. The third-order valence-corrected chi connectivity index (χ3v) is 3.70. The van der Waals surface area contributed by atoms with E-state index in [0.29, 0.717) is 0 Å². The highest BCUT2D eigenvalue weighted by Crippen LogP contribution is 2.26. The molecule has 96 valence electrons. The molecule has 0 saturated heterocycles. The van der Waals surface area contributed by atoms with E-state index in [4.69, 9.17) is 5.73 Å². The molecule has 0 amide bonds. The van der Waals surface area contributed by atoms with Gasteiger partial charge in [-0.05, 0) is 37.5 Å². The first-order valence-electron chi connectivity index (χ1n) is 6.73. The zero-order chi connectivity index (χ0) is 12.8. The lowest BCUT2D eigenvalue weighted by Gasteiger charge is -2.29. The Morgan fingerprint density at radius 3 is 2.35 bits per heavy atom. The van der Waals surface area contributed by atoms with Crippen LogP contribution in [0.25, 0.3) is 0 Å². The van der Waals surface area contributed by atoms with Gasteiger partial charge < -0.3 is 10.6 Å². The Hall–Kier alpha value is -1.18. The number of nitrogens with zero attached hydrogens (tertiary/aromatic N) is 1. The minimum absolute atomic E-state index is 0.774. The van der Waals surface area contributed by atoms with Crippen molar-refractivity contribution < 1.29 is 0 Å². The fourth-order valence-corrected chi connectivity index (χ4v) is 2.24. The molecule has 0 heterocycles. The fourth-order valence-electron chi connectivity index (χ4n) is 2.24. The standard InChI is InChI=1S/C15H26N2/c1-5-13(6-2)11-17(7-3)15-10-8-9-14(16)12(15)4/h8-10,13H,5-7,11,16H2,1-4H3. The van der Waals surface area contributed by atoms with Gasteiger partial charge in [0.05, 0.1) is 0 Å². The van der Waals surface area contributed by atoms with Crippen LogP contribution in [0.5, 0.6) is 0 Å². The second-order valence-corrected chi connectivity index (χ2v) is 4.71. The van der Waals surface area contributed by atoms with Gasteiger partial charge in [0, 0.05) is 24.5 Å². The molecule has 0 aliphatic carbocycles. The third kappa shape index (κ3) is 3.39. The molecule has 0 aliphatic rings. The molecule has 0 bridgehead atoms. The summed E-state index contributed by atoms with van der Waals surface area (Å²) < 4.78 is 0. The van der Waals surface area contributed by atoms with Crippen LogP contribution in [0, 0.1) is 12.8 Å². The Balaban J connectivity index is 2.89. The van der Waals surface area contributed by atoms with Crippen LogP contribution < -0.4 is 10.6 Å². The summed E-state index contributed by atoms with van der Waals surface area (Å²) in [5, 5.41) is 0. The lowest BCUT2D eigenvalue weighted by atomic mass is 10.0. The highest BCUT2D eigenvalue weighted by Gasteiger charge is 2.13. The van der Waals surface area contributed by atoms with Crippen LogP contribution in [-0.2, 0) is 0 Å². The zero-order valence-electron chi connectivity index (χ0n) is 11.7. The van der Waals surface area contributed by atoms with E-state index in [2.05, 4.69) is 38.7 Å². The van der Waals surface area contributed by atoms with Crippen LogP contribution >= 0.6 is 0 Å². The average Bonchev–Trinajstić information content (AvgIpc) is 2.35. The van der Waals surface area contributed by atoms with E-state index < -0.39 is 0 Å². The number of hydrogen-bond acceptors (Lipinski definition) is 2. The van der Waals surface area contributed by atoms with Gasteiger partial charge in [0.15, 0.2) is 0 Å². The second kappa shape index (κ2) is 6.53. The van der Waals surface area contributed by atoms with Gasteiger partial charge in [-0.3, -0.25) is 0 Å². The van der Waals surface area contributed by atoms with Crippen LogP contribution in [0.1, 0.15) is 39.2 Å². The van der Waals surface area contributed by atoms with Gasteiger partial charge in [-0.15, -0.1) is 0 Å². The molecular formula is C15H26N2. The molecule has 17 heavy (non-hydrogen) atoms. The molecule has 0 aromatic heterocycles. The summed E-state index contributed by atoms with van der Waals surface area (Å²) in [5.41, 5.74) is 9.38. The number of rotatable bonds is 6. The van der Waals surface area contributed by atoms with Gasteiger partial charge in [0.25, 0.3) is 0 Å². The van der Waals surface area contributed by atoms with Gasteiger partial charge in [0.2, 0.25) is 0 Å². The van der Waals surface area contributed by atoms with Crippen LogP contribution in [0.2, 0.25) is 0 Å². The second-order valence-electron chi connectivity index (χ2n) is 4.71. The van der Waals surface area contributed by atoms with Crippen molar-refractivity contribution >= 4 is 11.4 Å². The number of benzene rings is 1. The normalized spacial score (nSPS) is 10.9. The Morgan fingerprint density at radius 2 is 1.82 bits per heavy atom. The molecule has 2 N–H and O–H groups in total. The molecular weight excluding hydrogens is 208 g/mol. The maximum absolute atomic E-state index is 5.98. The van der Waals surface area contributed by atoms with Crippen LogP contribution in [0.4, 0.5) is 11.4 Å². The van der Waals surface area contributed by atoms with Crippen molar-refractivity contribution in [3.05, 3.63) is 23.8 Å². The predicted octanol–water partition coefficient (Wildman–Crippen LogP) is 3.84. The zero-order valence-corrected chi connectivity index (χ0v) is 11.7. The van der Waals surface area contributed by atoms with E-state index in [1.165, 1.54) is 24.1 Å². The minimum Gasteiger partial charge on any atom is -0.398 e. The Bertz CT molecular complexity index is 343. The quantitative estimate of drug-likeness (QED) is 0.758. The number of nitrogen functional groups attached to an aromatic ring is 1. The van der Waals surface area contributed by atoms with E-state index in [0.717, 1.165) is 24.7 Å². The maximum atomic E-state index is 5.98. The Labute approximate surface area is 106 Å². The van der Waals surface area contributed by atoms with Gasteiger partial charge in [-0.2, -0.15) is 0 Å². The van der Waals surface area contributed by atoms with E-state index in [9.17, 15) is 0 Å². The van der Waals surface area contributed by atoms with E-state index in [-0.39, 0.29) is 0 Å². The van der Waals surface area contributed by atoms with E-state index >= 15 is 0 Å². The summed E-state index contributed by atoms with van der Waals surface area (Å²) >= 11 is 0. The van der Waals surface area contributed by atoms with Crippen molar-refractivity contribution in [3.63, 3.8) is 0 Å². The molecule has 1 rings (SSSR count). The highest BCUT2D eigenvalue weighted by atomic mass is 15.1. The third-order valence-electron chi connectivity index (χ3n) is 3.70. The topological polar surface area (TPSA) is 29.3 Å². The van der Waals surface area contributed by atoms with Crippen LogP contribution in [0.15, 0.2) is 18.2 Å². The molecule has 0 radical (unpaired) electrons. The summed E-state index contributed by atoms with van der Waals surface area (Å²) in [6.45, 7) is 11.0. The predicted molar refractivity (Wildman–Crippen MR) is 77.6 cm³/mol. The lowest BCUT2D eigenvalue weighted by molar-refractivity contribution is 0.486. The van der Waals surface area contributed by atoms with Gasteiger partial charge in [-0.25, -0.2) is 0 Å². The van der Waals surface area contributed by atoms with E-state index in [1.54, 1.807) is 0 Å². The minimum atomic E-state index is 0.774. The Morgan fingerprint density at radius 1 is 1.18 bits per heavy atom. The summed E-state index contributed by atoms with van der Waals surface area (Å²) in [6.07, 6.45) is 2.49. The monoisotopic (exact) mass is 234 g/mol. The van der Waals surface area contributed by atoms with Crippen molar-refractivity contribution in [3.8, 4) is 0 Å². The molecule has 2 nitrogen and oxygen atoms in total. The van der Waals surface area contributed by atoms with Gasteiger partial charge in [0.1, 0.15) is 0 Å².